The summed E-state index contributed by atoms with van der Waals surface area (Å²) in [5, 5.41) is 0. The number of carbonyl (C=O) groups is 1. The Bertz CT molecular complexity index is 371. The standard InChI is InChI=1S/C11H11NO/c1-9-7-10(8-13)4-5-11(9)3-2-6-12/h4-5,7-8H,6,12H2,1H3. The highest BCUT2D eigenvalue weighted by molar-refractivity contribution is 5.75. The Hall–Kier alpha value is -1.59. The van der Waals surface area contributed by atoms with Crippen LogP contribution in [-0.2, 0) is 0 Å². The molecule has 0 bridgehead atoms. The van der Waals surface area contributed by atoms with Crippen LogP contribution in [0.5, 0.6) is 0 Å². The zero-order chi connectivity index (χ0) is 9.68. The van der Waals surface area contributed by atoms with Gasteiger partial charge in [-0.05, 0) is 24.6 Å². The van der Waals surface area contributed by atoms with Gasteiger partial charge in [-0.3, -0.25) is 4.79 Å². The van der Waals surface area contributed by atoms with Crippen LogP contribution in [0.15, 0.2) is 18.2 Å². The van der Waals surface area contributed by atoms with E-state index < -0.39 is 0 Å². The summed E-state index contributed by atoms with van der Waals surface area (Å²) in [6.07, 6.45) is 0.827. The van der Waals surface area contributed by atoms with Crippen molar-refractivity contribution in [3.63, 3.8) is 0 Å². The molecule has 0 aromatic heterocycles. The van der Waals surface area contributed by atoms with Crippen LogP contribution in [0.4, 0.5) is 0 Å². The molecule has 0 aliphatic rings. The molecule has 0 spiro atoms. The SMILES string of the molecule is Cc1cc(C=O)ccc1C#CCN. The monoisotopic (exact) mass is 173 g/mol. The van der Waals surface area contributed by atoms with Crippen molar-refractivity contribution in [3.05, 3.63) is 34.9 Å². The number of nitrogens with two attached hydrogens (primary N) is 1. The molecule has 1 aromatic rings. The van der Waals surface area contributed by atoms with E-state index in [-0.39, 0.29) is 0 Å². The highest BCUT2D eigenvalue weighted by Gasteiger charge is 1.95. The van der Waals surface area contributed by atoms with Gasteiger partial charge in [-0.1, -0.05) is 17.9 Å². The number of hydrogen-bond acceptors (Lipinski definition) is 2. The highest BCUT2D eigenvalue weighted by atomic mass is 16.1. The van der Waals surface area contributed by atoms with Gasteiger partial charge in [0.05, 0.1) is 6.54 Å². The topological polar surface area (TPSA) is 43.1 Å². The lowest BCUT2D eigenvalue weighted by Crippen LogP contribution is -1.93. The number of carbonyl (C=O) groups excluding carboxylic acids is 1. The second-order valence-electron chi connectivity index (χ2n) is 2.70. The van der Waals surface area contributed by atoms with Gasteiger partial charge in [-0.2, -0.15) is 0 Å². The maximum atomic E-state index is 10.4. The van der Waals surface area contributed by atoms with E-state index >= 15 is 0 Å². The molecular formula is C11H11NO. The third-order valence-corrected chi connectivity index (χ3v) is 1.71. The van der Waals surface area contributed by atoms with Crippen LogP contribution in [0.3, 0.4) is 0 Å². The molecular weight excluding hydrogens is 162 g/mol. The Morgan fingerprint density at radius 2 is 2.31 bits per heavy atom. The number of aryl methyl sites for hydroxylation is 1. The fraction of sp³-hybridized carbons (Fsp3) is 0.182. The number of aldehydes is 1. The summed E-state index contributed by atoms with van der Waals surface area (Å²) in [5.74, 6) is 5.71. The van der Waals surface area contributed by atoms with Crippen molar-refractivity contribution in [1.82, 2.24) is 0 Å². The van der Waals surface area contributed by atoms with Gasteiger partial charge in [0.1, 0.15) is 6.29 Å². The maximum Gasteiger partial charge on any atom is 0.150 e. The van der Waals surface area contributed by atoms with Crippen LogP contribution in [0.2, 0.25) is 0 Å². The number of hydrogen-bond donors (Lipinski definition) is 1. The van der Waals surface area contributed by atoms with Crippen molar-refractivity contribution in [2.24, 2.45) is 5.73 Å². The lowest BCUT2D eigenvalue weighted by molar-refractivity contribution is 0.112. The first kappa shape index (κ1) is 9.50. The molecule has 2 nitrogen and oxygen atoms in total. The molecule has 1 rings (SSSR count). The highest BCUT2D eigenvalue weighted by Crippen LogP contribution is 2.08. The lowest BCUT2D eigenvalue weighted by Gasteiger charge is -1.97. The maximum absolute atomic E-state index is 10.4. The minimum Gasteiger partial charge on any atom is -0.320 e. The molecule has 2 N–H and O–H groups in total. The van der Waals surface area contributed by atoms with E-state index in [1.807, 2.05) is 19.1 Å². The molecule has 0 atom stereocenters. The summed E-state index contributed by atoms with van der Waals surface area (Å²) in [6.45, 7) is 2.28. The van der Waals surface area contributed by atoms with Gasteiger partial charge in [0, 0.05) is 11.1 Å². The first-order valence-electron chi connectivity index (χ1n) is 4.02. The molecule has 0 saturated carbocycles. The van der Waals surface area contributed by atoms with Crippen LogP contribution in [0.1, 0.15) is 21.5 Å². The summed E-state index contributed by atoms with van der Waals surface area (Å²) >= 11 is 0. The van der Waals surface area contributed by atoms with Gasteiger partial charge in [-0.15, -0.1) is 0 Å². The van der Waals surface area contributed by atoms with Crippen molar-refractivity contribution in [1.29, 1.82) is 0 Å². The van der Waals surface area contributed by atoms with E-state index in [1.165, 1.54) is 0 Å². The second-order valence-corrected chi connectivity index (χ2v) is 2.70. The minimum absolute atomic E-state index is 0.356. The molecule has 0 aliphatic heterocycles. The van der Waals surface area contributed by atoms with E-state index in [0.29, 0.717) is 12.1 Å². The molecule has 0 fully saturated rings. The summed E-state index contributed by atoms with van der Waals surface area (Å²) in [6, 6.07) is 5.40. The average Bonchev–Trinajstić information content (AvgIpc) is 2.16. The van der Waals surface area contributed by atoms with Gasteiger partial charge in [0.25, 0.3) is 0 Å². The van der Waals surface area contributed by atoms with Crippen molar-refractivity contribution in [2.75, 3.05) is 6.54 Å². The molecule has 13 heavy (non-hydrogen) atoms. The van der Waals surface area contributed by atoms with Crippen LogP contribution in [-0.4, -0.2) is 12.8 Å². The van der Waals surface area contributed by atoms with Gasteiger partial charge in [0.15, 0.2) is 0 Å². The Kier molecular flexibility index (Phi) is 3.24. The van der Waals surface area contributed by atoms with Crippen molar-refractivity contribution in [2.45, 2.75) is 6.92 Å². The van der Waals surface area contributed by atoms with Crippen molar-refractivity contribution < 1.29 is 4.79 Å². The van der Waals surface area contributed by atoms with Gasteiger partial charge in [0.2, 0.25) is 0 Å². The Morgan fingerprint density at radius 3 is 2.85 bits per heavy atom. The number of rotatable bonds is 1. The van der Waals surface area contributed by atoms with E-state index in [4.69, 9.17) is 5.73 Å². The predicted molar refractivity (Wildman–Crippen MR) is 52.5 cm³/mol. The van der Waals surface area contributed by atoms with E-state index in [0.717, 1.165) is 17.4 Å². The molecule has 0 amide bonds. The Balaban J connectivity index is 3.05. The predicted octanol–water partition coefficient (Wildman–Crippen LogP) is 1.12. The second kappa shape index (κ2) is 4.44. The van der Waals surface area contributed by atoms with Crippen LogP contribution in [0.25, 0.3) is 0 Å². The summed E-state index contributed by atoms with van der Waals surface area (Å²) in [4.78, 5) is 10.4. The zero-order valence-corrected chi connectivity index (χ0v) is 7.50. The van der Waals surface area contributed by atoms with Crippen molar-refractivity contribution >= 4 is 6.29 Å². The van der Waals surface area contributed by atoms with Gasteiger partial charge >= 0.3 is 0 Å². The van der Waals surface area contributed by atoms with Crippen LogP contribution in [0, 0.1) is 18.8 Å². The Morgan fingerprint density at radius 1 is 1.54 bits per heavy atom. The van der Waals surface area contributed by atoms with Gasteiger partial charge in [-0.25, -0.2) is 0 Å². The molecule has 0 aliphatic carbocycles. The average molecular weight is 173 g/mol. The third-order valence-electron chi connectivity index (χ3n) is 1.71. The fourth-order valence-corrected chi connectivity index (χ4v) is 1.05. The normalized spacial score (nSPS) is 8.77. The quantitative estimate of drug-likeness (QED) is 0.510. The third kappa shape index (κ3) is 2.43. The van der Waals surface area contributed by atoms with E-state index in [9.17, 15) is 4.79 Å². The smallest absolute Gasteiger partial charge is 0.150 e. The van der Waals surface area contributed by atoms with E-state index in [2.05, 4.69) is 11.8 Å². The molecule has 2 heteroatoms. The summed E-state index contributed by atoms with van der Waals surface area (Å²) in [5.41, 5.74) is 7.86. The largest absolute Gasteiger partial charge is 0.320 e. The van der Waals surface area contributed by atoms with Crippen LogP contribution >= 0.6 is 0 Å². The molecule has 0 unspecified atom stereocenters. The minimum atomic E-state index is 0.356. The first-order valence-corrected chi connectivity index (χ1v) is 4.02. The molecule has 0 heterocycles. The van der Waals surface area contributed by atoms with Gasteiger partial charge < -0.3 is 5.73 Å². The molecule has 0 radical (unpaired) electrons. The Labute approximate surface area is 77.8 Å². The summed E-state index contributed by atoms with van der Waals surface area (Å²) in [7, 11) is 0. The van der Waals surface area contributed by atoms with Crippen molar-refractivity contribution in [3.8, 4) is 11.8 Å². The fourth-order valence-electron chi connectivity index (χ4n) is 1.05. The van der Waals surface area contributed by atoms with Crippen LogP contribution < -0.4 is 5.73 Å². The molecule has 0 saturated heterocycles. The summed E-state index contributed by atoms with van der Waals surface area (Å²) < 4.78 is 0. The molecule has 1 aromatic carbocycles. The molecule has 66 valence electrons. The number of benzene rings is 1. The first-order chi connectivity index (χ1) is 6.27. The zero-order valence-electron chi connectivity index (χ0n) is 7.50. The lowest BCUT2D eigenvalue weighted by atomic mass is 10.1. The van der Waals surface area contributed by atoms with E-state index in [1.54, 1.807) is 6.07 Å².